The summed E-state index contributed by atoms with van der Waals surface area (Å²) in [5.41, 5.74) is 0.325. The Morgan fingerprint density at radius 2 is 2.23 bits per heavy atom. The maximum atomic E-state index is 13.2. The van der Waals surface area contributed by atoms with Gasteiger partial charge in [0, 0.05) is 10.6 Å². The average Bonchev–Trinajstić information content (AvgIpc) is 2.04. The predicted molar refractivity (Wildman–Crippen MR) is 51.3 cm³/mol. The maximum absolute atomic E-state index is 13.2. The molecule has 0 aliphatic heterocycles. The molecule has 0 saturated heterocycles. The van der Waals surface area contributed by atoms with Gasteiger partial charge in [0.15, 0.2) is 0 Å². The smallest absolute Gasteiger partial charge is 0.130 e. The number of hydrogen-bond acceptors (Lipinski definition) is 1. The molecule has 0 aromatic heterocycles. The Bertz CT molecular complexity index is 288. The van der Waals surface area contributed by atoms with Crippen molar-refractivity contribution in [3.8, 4) is 0 Å². The summed E-state index contributed by atoms with van der Waals surface area (Å²) in [6.07, 6.45) is 0.671. The van der Waals surface area contributed by atoms with Crippen LogP contribution in [0.15, 0.2) is 18.2 Å². The van der Waals surface area contributed by atoms with Gasteiger partial charge < -0.3 is 5.11 Å². The van der Waals surface area contributed by atoms with Crippen molar-refractivity contribution in [1.82, 2.24) is 0 Å². The molecule has 1 atom stereocenters. The van der Waals surface area contributed by atoms with Crippen molar-refractivity contribution in [2.24, 2.45) is 0 Å². The van der Waals surface area contributed by atoms with E-state index in [0.29, 0.717) is 17.0 Å². The van der Waals surface area contributed by atoms with Gasteiger partial charge in [-0.1, -0.05) is 31.0 Å². The second-order valence-electron chi connectivity index (χ2n) is 2.97. The Morgan fingerprint density at radius 3 is 2.77 bits per heavy atom. The number of hydrogen-bond donors (Lipinski definition) is 1. The van der Waals surface area contributed by atoms with Gasteiger partial charge in [-0.05, 0) is 18.6 Å². The molecule has 0 radical (unpaired) electrons. The van der Waals surface area contributed by atoms with Gasteiger partial charge in [-0.15, -0.1) is 0 Å². The first-order valence-electron chi connectivity index (χ1n) is 4.28. The first-order chi connectivity index (χ1) is 6.15. The van der Waals surface area contributed by atoms with Gasteiger partial charge >= 0.3 is 0 Å². The number of halogens is 2. The highest BCUT2D eigenvalue weighted by atomic mass is 35.5. The van der Waals surface area contributed by atoms with Crippen LogP contribution in [0.25, 0.3) is 0 Å². The zero-order valence-corrected chi connectivity index (χ0v) is 8.18. The van der Waals surface area contributed by atoms with Crippen LogP contribution >= 0.6 is 11.6 Å². The standard InChI is InChI=1S/C10H12ClFO/c1-2-3-10(13)8-5-4-7(11)6-9(8)12/h4-6,10,13H,2-3H2,1H3/t10-/m1/s1. The minimum absolute atomic E-state index is 0.325. The molecule has 0 saturated carbocycles. The summed E-state index contributed by atoms with van der Waals surface area (Å²) in [6.45, 7) is 1.94. The SMILES string of the molecule is CCC[C@@H](O)c1ccc(Cl)cc1F. The van der Waals surface area contributed by atoms with Crippen LogP contribution in [0.4, 0.5) is 4.39 Å². The molecular weight excluding hydrogens is 191 g/mol. The molecule has 1 rings (SSSR count). The minimum atomic E-state index is -0.720. The highest BCUT2D eigenvalue weighted by molar-refractivity contribution is 6.30. The fourth-order valence-corrected chi connectivity index (χ4v) is 1.36. The molecule has 0 spiro atoms. The summed E-state index contributed by atoms with van der Waals surface area (Å²) in [5.74, 6) is -0.437. The normalized spacial score (nSPS) is 12.9. The lowest BCUT2D eigenvalue weighted by molar-refractivity contribution is 0.162. The third kappa shape index (κ3) is 2.68. The molecule has 13 heavy (non-hydrogen) atoms. The van der Waals surface area contributed by atoms with E-state index < -0.39 is 11.9 Å². The van der Waals surface area contributed by atoms with Crippen LogP contribution in [-0.4, -0.2) is 5.11 Å². The molecule has 1 nitrogen and oxygen atoms in total. The molecule has 3 heteroatoms. The zero-order chi connectivity index (χ0) is 9.84. The third-order valence-electron chi connectivity index (χ3n) is 1.88. The topological polar surface area (TPSA) is 20.2 Å². The monoisotopic (exact) mass is 202 g/mol. The van der Waals surface area contributed by atoms with E-state index in [4.69, 9.17) is 11.6 Å². The van der Waals surface area contributed by atoms with Crippen molar-refractivity contribution >= 4 is 11.6 Å². The second-order valence-corrected chi connectivity index (χ2v) is 3.41. The fraction of sp³-hybridized carbons (Fsp3) is 0.400. The van der Waals surface area contributed by atoms with Crippen LogP contribution in [-0.2, 0) is 0 Å². The number of aliphatic hydroxyl groups is 1. The van der Waals surface area contributed by atoms with E-state index in [1.807, 2.05) is 6.92 Å². The molecule has 1 N–H and O–H groups in total. The van der Waals surface area contributed by atoms with E-state index in [1.165, 1.54) is 12.1 Å². The van der Waals surface area contributed by atoms with E-state index in [9.17, 15) is 9.50 Å². The van der Waals surface area contributed by atoms with Crippen LogP contribution < -0.4 is 0 Å². The molecule has 0 heterocycles. The van der Waals surface area contributed by atoms with E-state index >= 15 is 0 Å². The van der Waals surface area contributed by atoms with Crippen LogP contribution in [0.1, 0.15) is 31.4 Å². The van der Waals surface area contributed by atoms with Crippen molar-refractivity contribution < 1.29 is 9.50 Å². The first kappa shape index (κ1) is 10.5. The quantitative estimate of drug-likeness (QED) is 0.798. The van der Waals surface area contributed by atoms with Gasteiger partial charge in [0.2, 0.25) is 0 Å². The molecule has 0 unspecified atom stereocenters. The molecular formula is C10H12ClFO. The van der Waals surface area contributed by atoms with Gasteiger partial charge in [-0.3, -0.25) is 0 Å². The van der Waals surface area contributed by atoms with Gasteiger partial charge in [-0.25, -0.2) is 4.39 Å². The summed E-state index contributed by atoms with van der Waals surface area (Å²) in [5, 5.41) is 9.86. The Labute approximate surface area is 82.2 Å². The number of rotatable bonds is 3. The summed E-state index contributed by atoms with van der Waals surface area (Å²) in [4.78, 5) is 0. The summed E-state index contributed by atoms with van der Waals surface area (Å²) in [6, 6.07) is 4.33. The number of aliphatic hydroxyl groups excluding tert-OH is 1. The van der Waals surface area contributed by atoms with Crippen molar-refractivity contribution in [3.63, 3.8) is 0 Å². The minimum Gasteiger partial charge on any atom is -0.388 e. The number of benzene rings is 1. The van der Waals surface area contributed by atoms with E-state index in [-0.39, 0.29) is 0 Å². The van der Waals surface area contributed by atoms with Crippen molar-refractivity contribution in [1.29, 1.82) is 0 Å². The Morgan fingerprint density at radius 1 is 1.54 bits per heavy atom. The molecule has 0 bridgehead atoms. The predicted octanol–water partition coefficient (Wildman–Crippen LogP) is 3.31. The molecule has 0 fully saturated rings. The Kier molecular flexibility index (Phi) is 3.70. The van der Waals surface area contributed by atoms with Crippen molar-refractivity contribution in [3.05, 3.63) is 34.6 Å². The van der Waals surface area contributed by atoms with E-state index in [2.05, 4.69) is 0 Å². The van der Waals surface area contributed by atoms with Gasteiger partial charge in [0.25, 0.3) is 0 Å². The maximum Gasteiger partial charge on any atom is 0.130 e. The largest absolute Gasteiger partial charge is 0.388 e. The molecule has 0 amide bonds. The molecule has 72 valence electrons. The average molecular weight is 203 g/mol. The highest BCUT2D eigenvalue weighted by Crippen LogP contribution is 2.23. The lowest BCUT2D eigenvalue weighted by Crippen LogP contribution is -1.99. The zero-order valence-electron chi connectivity index (χ0n) is 7.43. The Balaban J connectivity index is 2.88. The fourth-order valence-electron chi connectivity index (χ4n) is 1.20. The van der Waals surface area contributed by atoms with E-state index in [0.717, 1.165) is 6.42 Å². The van der Waals surface area contributed by atoms with Crippen molar-refractivity contribution in [2.75, 3.05) is 0 Å². The molecule has 1 aromatic rings. The Hall–Kier alpha value is -0.600. The highest BCUT2D eigenvalue weighted by Gasteiger charge is 2.11. The van der Waals surface area contributed by atoms with Crippen molar-refractivity contribution in [2.45, 2.75) is 25.9 Å². The van der Waals surface area contributed by atoms with Gasteiger partial charge in [-0.2, -0.15) is 0 Å². The summed E-state index contributed by atoms with van der Waals surface area (Å²) in [7, 11) is 0. The lowest BCUT2D eigenvalue weighted by atomic mass is 10.1. The van der Waals surface area contributed by atoms with Crippen LogP contribution in [0.5, 0.6) is 0 Å². The summed E-state index contributed by atoms with van der Waals surface area (Å²) >= 11 is 5.58. The van der Waals surface area contributed by atoms with Gasteiger partial charge in [0.1, 0.15) is 5.82 Å². The molecule has 0 aliphatic carbocycles. The lowest BCUT2D eigenvalue weighted by Gasteiger charge is -2.10. The van der Waals surface area contributed by atoms with E-state index in [1.54, 1.807) is 6.07 Å². The van der Waals surface area contributed by atoms with Crippen LogP contribution in [0.2, 0.25) is 5.02 Å². The van der Waals surface area contributed by atoms with Crippen LogP contribution in [0, 0.1) is 5.82 Å². The first-order valence-corrected chi connectivity index (χ1v) is 4.66. The third-order valence-corrected chi connectivity index (χ3v) is 2.12. The summed E-state index contributed by atoms with van der Waals surface area (Å²) < 4.78 is 13.2. The molecule has 0 aliphatic rings. The van der Waals surface area contributed by atoms with Gasteiger partial charge in [0.05, 0.1) is 6.10 Å². The molecule has 1 aromatic carbocycles. The second kappa shape index (κ2) is 4.58. The van der Waals surface area contributed by atoms with Crippen LogP contribution in [0.3, 0.4) is 0 Å².